The number of carbonyl (C=O) groups is 1. The van der Waals surface area contributed by atoms with Gasteiger partial charge >= 0.3 is 0 Å². The van der Waals surface area contributed by atoms with Crippen molar-refractivity contribution in [2.75, 3.05) is 11.5 Å². The van der Waals surface area contributed by atoms with Gasteiger partial charge in [0, 0.05) is 6.42 Å². The Kier molecular flexibility index (Phi) is 3.14. The normalized spacial score (nSPS) is 26.1. The number of nitrogens with zero attached hydrogens (tertiary/aromatic N) is 2. The van der Waals surface area contributed by atoms with Crippen molar-refractivity contribution in [3.05, 3.63) is 11.6 Å². The highest BCUT2D eigenvalue weighted by Gasteiger charge is 2.40. The highest BCUT2D eigenvalue weighted by atomic mass is 32.2. The molecular formula is C10H16N4O3S. The first-order valence-corrected chi connectivity index (χ1v) is 7.60. The summed E-state index contributed by atoms with van der Waals surface area (Å²) in [7, 11) is -3.04. The van der Waals surface area contributed by atoms with Crippen LogP contribution >= 0.6 is 0 Å². The second-order valence-electron chi connectivity index (χ2n) is 4.82. The van der Waals surface area contributed by atoms with E-state index < -0.39 is 21.3 Å². The molecular weight excluding hydrogens is 256 g/mol. The fourth-order valence-corrected chi connectivity index (χ4v) is 4.09. The second kappa shape index (κ2) is 4.34. The Morgan fingerprint density at radius 1 is 1.56 bits per heavy atom. The van der Waals surface area contributed by atoms with E-state index in [9.17, 15) is 13.2 Å². The van der Waals surface area contributed by atoms with E-state index in [0.29, 0.717) is 18.7 Å². The summed E-state index contributed by atoms with van der Waals surface area (Å²) in [6, 6.07) is 0. The van der Waals surface area contributed by atoms with Crippen LogP contribution < -0.4 is 5.32 Å². The molecule has 100 valence electrons. The summed E-state index contributed by atoms with van der Waals surface area (Å²) in [6.07, 6.45) is 1.08. The zero-order chi connectivity index (χ0) is 13.4. The number of rotatable bonds is 3. The Balaban J connectivity index is 2.08. The number of nitrogens with one attached hydrogen (secondary N) is 2. The molecule has 18 heavy (non-hydrogen) atoms. The first-order chi connectivity index (χ1) is 8.34. The number of hydrogen-bond acceptors (Lipinski definition) is 5. The minimum absolute atomic E-state index is 0.0310. The topological polar surface area (TPSA) is 105 Å². The van der Waals surface area contributed by atoms with Crippen LogP contribution in [0.1, 0.15) is 36.7 Å². The van der Waals surface area contributed by atoms with Gasteiger partial charge in [-0.25, -0.2) is 13.4 Å². The van der Waals surface area contributed by atoms with E-state index in [2.05, 4.69) is 20.5 Å². The van der Waals surface area contributed by atoms with Crippen molar-refractivity contribution in [1.29, 1.82) is 0 Å². The van der Waals surface area contributed by atoms with Crippen molar-refractivity contribution in [2.45, 2.75) is 32.2 Å². The van der Waals surface area contributed by atoms with Crippen LogP contribution in [0.2, 0.25) is 0 Å². The summed E-state index contributed by atoms with van der Waals surface area (Å²) in [4.78, 5) is 15.9. The molecule has 0 spiro atoms. The third kappa shape index (κ3) is 2.69. The Morgan fingerprint density at radius 2 is 2.28 bits per heavy atom. The van der Waals surface area contributed by atoms with Gasteiger partial charge in [0.05, 0.1) is 17.0 Å². The molecule has 1 saturated heterocycles. The fraction of sp³-hybridized carbons (Fsp3) is 0.700. The molecule has 1 fully saturated rings. The second-order valence-corrected chi connectivity index (χ2v) is 7.00. The standard InChI is InChI=1S/C10H16N4O3S/c1-3-7-11-8(14-13-7)9(15)12-10(2)4-5-18(16,17)6-10/h3-6H2,1-2H3,(H,12,15)(H,11,13,14). The van der Waals surface area contributed by atoms with E-state index in [1.807, 2.05) is 6.92 Å². The van der Waals surface area contributed by atoms with Gasteiger partial charge in [-0.2, -0.15) is 0 Å². The number of sulfone groups is 1. The fourth-order valence-electron chi connectivity index (χ4n) is 1.99. The number of H-pyrrole nitrogens is 1. The summed E-state index contributed by atoms with van der Waals surface area (Å²) in [5.74, 6) is 0.321. The molecule has 0 bridgehead atoms. The Morgan fingerprint density at radius 3 is 2.78 bits per heavy atom. The molecule has 0 radical (unpaired) electrons. The van der Waals surface area contributed by atoms with Crippen LogP contribution in [-0.2, 0) is 16.3 Å². The Labute approximate surface area is 105 Å². The summed E-state index contributed by atoms with van der Waals surface area (Å²) >= 11 is 0. The van der Waals surface area contributed by atoms with E-state index in [0.717, 1.165) is 0 Å². The average Bonchev–Trinajstić information content (AvgIpc) is 2.83. The zero-order valence-electron chi connectivity index (χ0n) is 10.4. The maximum atomic E-state index is 11.9. The van der Waals surface area contributed by atoms with Gasteiger partial charge in [-0.15, -0.1) is 5.10 Å². The SMILES string of the molecule is CCc1nc(C(=O)NC2(C)CCS(=O)(=O)C2)n[nH]1. The van der Waals surface area contributed by atoms with Crippen LogP contribution in [0.4, 0.5) is 0 Å². The monoisotopic (exact) mass is 272 g/mol. The molecule has 1 unspecified atom stereocenters. The van der Waals surface area contributed by atoms with Crippen molar-refractivity contribution in [1.82, 2.24) is 20.5 Å². The molecule has 2 rings (SSSR count). The van der Waals surface area contributed by atoms with Crippen molar-refractivity contribution < 1.29 is 13.2 Å². The highest BCUT2D eigenvalue weighted by Crippen LogP contribution is 2.22. The summed E-state index contributed by atoms with van der Waals surface area (Å²) in [6.45, 7) is 3.62. The van der Waals surface area contributed by atoms with Gasteiger partial charge in [-0.3, -0.25) is 9.89 Å². The molecule has 8 heteroatoms. The lowest BCUT2D eigenvalue weighted by Gasteiger charge is -2.22. The van der Waals surface area contributed by atoms with Crippen LogP contribution in [0.5, 0.6) is 0 Å². The molecule has 7 nitrogen and oxygen atoms in total. The third-order valence-electron chi connectivity index (χ3n) is 2.99. The summed E-state index contributed by atoms with van der Waals surface area (Å²) < 4.78 is 22.9. The molecule has 1 aromatic heterocycles. The maximum absolute atomic E-state index is 11.9. The van der Waals surface area contributed by atoms with E-state index >= 15 is 0 Å². The molecule has 2 heterocycles. The maximum Gasteiger partial charge on any atom is 0.291 e. The third-order valence-corrected chi connectivity index (χ3v) is 4.89. The number of aromatic amines is 1. The number of aryl methyl sites for hydroxylation is 1. The Bertz CT molecular complexity index is 565. The van der Waals surface area contributed by atoms with Crippen LogP contribution in [0.15, 0.2) is 0 Å². The molecule has 0 saturated carbocycles. The molecule has 1 atom stereocenters. The smallest absolute Gasteiger partial charge is 0.291 e. The van der Waals surface area contributed by atoms with Crippen molar-refractivity contribution >= 4 is 15.7 Å². The van der Waals surface area contributed by atoms with E-state index in [-0.39, 0.29) is 17.3 Å². The van der Waals surface area contributed by atoms with Crippen LogP contribution in [0.3, 0.4) is 0 Å². The summed E-state index contributed by atoms with van der Waals surface area (Å²) in [5.41, 5.74) is -0.719. The number of carbonyl (C=O) groups excluding carboxylic acids is 1. The lowest BCUT2D eigenvalue weighted by molar-refractivity contribution is 0.0905. The van der Waals surface area contributed by atoms with E-state index in [1.54, 1.807) is 6.92 Å². The highest BCUT2D eigenvalue weighted by molar-refractivity contribution is 7.91. The van der Waals surface area contributed by atoms with E-state index in [1.165, 1.54) is 0 Å². The molecule has 1 aliphatic heterocycles. The minimum atomic E-state index is -3.04. The minimum Gasteiger partial charge on any atom is -0.343 e. The average molecular weight is 272 g/mol. The first-order valence-electron chi connectivity index (χ1n) is 5.78. The first kappa shape index (κ1) is 13.0. The largest absolute Gasteiger partial charge is 0.343 e. The van der Waals surface area contributed by atoms with Gasteiger partial charge < -0.3 is 5.32 Å². The van der Waals surface area contributed by atoms with Gasteiger partial charge in [-0.1, -0.05) is 6.92 Å². The lowest BCUT2D eigenvalue weighted by Crippen LogP contribution is -2.47. The molecule has 1 amide bonds. The van der Waals surface area contributed by atoms with Crippen LogP contribution in [0.25, 0.3) is 0 Å². The number of hydrogen-bond donors (Lipinski definition) is 2. The van der Waals surface area contributed by atoms with Crippen LogP contribution in [-0.4, -0.2) is 46.6 Å². The molecule has 1 aromatic rings. The quantitative estimate of drug-likeness (QED) is 0.784. The van der Waals surface area contributed by atoms with Crippen molar-refractivity contribution in [3.8, 4) is 0 Å². The molecule has 0 aromatic carbocycles. The van der Waals surface area contributed by atoms with Gasteiger partial charge in [0.2, 0.25) is 5.82 Å². The van der Waals surface area contributed by atoms with Gasteiger partial charge in [0.25, 0.3) is 5.91 Å². The number of aromatic nitrogens is 3. The van der Waals surface area contributed by atoms with E-state index in [4.69, 9.17) is 0 Å². The summed E-state index contributed by atoms with van der Waals surface area (Å²) in [5, 5.41) is 9.15. The van der Waals surface area contributed by atoms with Crippen molar-refractivity contribution in [2.24, 2.45) is 0 Å². The van der Waals surface area contributed by atoms with Gasteiger partial charge in [0.1, 0.15) is 5.82 Å². The van der Waals surface area contributed by atoms with Crippen molar-refractivity contribution in [3.63, 3.8) is 0 Å². The predicted molar refractivity (Wildman–Crippen MR) is 64.9 cm³/mol. The molecule has 2 N–H and O–H groups in total. The van der Waals surface area contributed by atoms with Gasteiger partial charge in [-0.05, 0) is 13.3 Å². The molecule has 0 aliphatic carbocycles. The zero-order valence-corrected chi connectivity index (χ0v) is 11.2. The predicted octanol–water partition coefficient (Wildman–Crippen LogP) is -0.326. The molecule has 1 aliphatic rings. The number of amides is 1. The van der Waals surface area contributed by atoms with Crippen LogP contribution in [0, 0.1) is 0 Å². The van der Waals surface area contributed by atoms with Gasteiger partial charge in [0.15, 0.2) is 9.84 Å². The Hall–Kier alpha value is -1.44. The lowest BCUT2D eigenvalue weighted by atomic mass is 10.0.